The van der Waals surface area contributed by atoms with Crippen LogP contribution in [0.2, 0.25) is 0 Å². The fourth-order valence-corrected chi connectivity index (χ4v) is 5.05. The SMILES string of the molecule is Cc1cn(-c2ccc(N3CC(C)O[C@H](C)C3)cc2)c(=O)c2cccc(-c3ccccc3C#N)c12. The van der Waals surface area contributed by atoms with Crippen LogP contribution in [0.5, 0.6) is 0 Å². The molecule has 5 rings (SSSR count). The van der Waals surface area contributed by atoms with Crippen LogP contribution >= 0.6 is 0 Å². The van der Waals surface area contributed by atoms with E-state index in [-0.39, 0.29) is 17.8 Å². The molecular formula is C29H27N3O2. The summed E-state index contributed by atoms with van der Waals surface area (Å²) in [5.41, 5.74) is 5.22. The molecule has 1 saturated heterocycles. The molecule has 1 unspecified atom stereocenters. The Kier molecular flexibility index (Phi) is 5.69. The minimum Gasteiger partial charge on any atom is -0.372 e. The van der Waals surface area contributed by atoms with Crippen LogP contribution in [0, 0.1) is 18.3 Å². The lowest BCUT2D eigenvalue weighted by atomic mass is 9.93. The molecule has 0 bridgehead atoms. The molecule has 0 saturated carbocycles. The van der Waals surface area contributed by atoms with Crippen LogP contribution in [0.1, 0.15) is 25.0 Å². The molecule has 3 aromatic carbocycles. The lowest BCUT2D eigenvalue weighted by molar-refractivity contribution is -0.00521. The summed E-state index contributed by atoms with van der Waals surface area (Å²) in [4.78, 5) is 15.9. The van der Waals surface area contributed by atoms with Crippen molar-refractivity contribution in [3.63, 3.8) is 0 Å². The molecular weight excluding hydrogens is 422 g/mol. The Bertz CT molecular complexity index is 1450. The molecule has 0 amide bonds. The Morgan fingerprint density at radius 2 is 1.53 bits per heavy atom. The third-order valence-electron chi connectivity index (χ3n) is 6.48. The largest absolute Gasteiger partial charge is 0.372 e. The highest BCUT2D eigenvalue weighted by Gasteiger charge is 2.22. The van der Waals surface area contributed by atoms with Gasteiger partial charge in [0.15, 0.2) is 0 Å². The van der Waals surface area contributed by atoms with Gasteiger partial charge in [-0.3, -0.25) is 9.36 Å². The Hall–Kier alpha value is -3.88. The number of hydrogen-bond donors (Lipinski definition) is 0. The zero-order valence-corrected chi connectivity index (χ0v) is 19.7. The van der Waals surface area contributed by atoms with E-state index < -0.39 is 0 Å². The minimum atomic E-state index is -0.0711. The van der Waals surface area contributed by atoms with Crippen molar-refractivity contribution in [3.05, 3.63) is 94.4 Å². The van der Waals surface area contributed by atoms with Gasteiger partial charge in [-0.05, 0) is 73.7 Å². The van der Waals surface area contributed by atoms with Crippen LogP contribution < -0.4 is 10.5 Å². The van der Waals surface area contributed by atoms with Gasteiger partial charge in [0, 0.05) is 41.6 Å². The summed E-state index contributed by atoms with van der Waals surface area (Å²) in [5, 5.41) is 11.1. The number of benzene rings is 3. The van der Waals surface area contributed by atoms with Gasteiger partial charge in [0.2, 0.25) is 0 Å². The molecule has 0 spiro atoms. The van der Waals surface area contributed by atoms with Crippen molar-refractivity contribution < 1.29 is 4.74 Å². The Balaban J connectivity index is 1.58. The first-order valence-electron chi connectivity index (χ1n) is 11.6. The molecule has 34 heavy (non-hydrogen) atoms. The standard InChI is InChI=1S/C29H27N3O2/c1-19-16-32(24-13-11-23(12-14-24)31-17-20(2)34-21(3)18-31)29(33)27-10-6-9-26(28(19)27)25-8-5-4-7-22(25)15-30/h4-14,16,20-21H,17-18H2,1-3H3/t20-,21?/m1/s1. The fourth-order valence-electron chi connectivity index (χ4n) is 5.05. The molecule has 5 heteroatoms. The first-order chi connectivity index (χ1) is 16.5. The number of hydrogen-bond acceptors (Lipinski definition) is 4. The van der Waals surface area contributed by atoms with E-state index in [4.69, 9.17) is 4.74 Å². The van der Waals surface area contributed by atoms with E-state index in [1.165, 1.54) is 0 Å². The number of anilines is 1. The van der Waals surface area contributed by atoms with Gasteiger partial charge >= 0.3 is 0 Å². The van der Waals surface area contributed by atoms with E-state index in [1.807, 2.05) is 67.7 Å². The normalized spacial score (nSPS) is 18.1. The lowest BCUT2D eigenvalue weighted by Gasteiger charge is -2.36. The van der Waals surface area contributed by atoms with Gasteiger partial charge in [-0.1, -0.05) is 30.3 Å². The maximum Gasteiger partial charge on any atom is 0.262 e. The molecule has 4 aromatic rings. The van der Waals surface area contributed by atoms with Crippen molar-refractivity contribution in [2.75, 3.05) is 18.0 Å². The number of fused-ring (bicyclic) bond motifs is 1. The second-order valence-corrected chi connectivity index (χ2v) is 9.05. The average molecular weight is 450 g/mol. The van der Waals surface area contributed by atoms with Gasteiger partial charge in [0.1, 0.15) is 0 Å². The van der Waals surface area contributed by atoms with E-state index in [1.54, 1.807) is 4.57 Å². The third kappa shape index (κ3) is 3.87. The molecule has 0 N–H and O–H groups in total. The number of aryl methyl sites for hydroxylation is 1. The summed E-state index contributed by atoms with van der Waals surface area (Å²) in [6.07, 6.45) is 2.28. The molecule has 0 radical (unpaired) electrons. The van der Waals surface area contributed by atoms with E-state index in [9.17, 15) is 10.1 Å². The maximum atomic E-state index is 13.6. The Morgan fingerprint density at radius 1 is 0.882 bits per heavy atom. The first kappa shape index (κ1) is 21.9. The zero-order chi connectivity index (χ0) is 23.8. The number of nitrogens with zero attached hydrogens (tertiary/aromatic N) is 3. The van der Waals surface area contributed by atoms with Crippen molar-refractivity contribution in [2.24, 2.45) is 0 Å². The molecule has 2 heterocycles. The number of morpholine rings is 1. The van der Waals surface area contributed by atoms with Gasteiger partial charge in [-0.25, -0.2) is 0 Å². The summed E-state index contributed by atoms with van der Waals surface area (Å²) >= 11 is 0. The Morgan fingerprint density at radius 3 is 2.24 bits per heavy atom. The monoisotopic (exact) mass is 449 g/mol. The molecule has 0 aliphatic carbocycles. The molecule has 1 aliphatic rings. The lowest BCUT2D eigenvalue weighted by Crippen LogP contribution is -2.45. The van der Waals surface area contributed by atoms with Crippen molar-refractivity contribution in [2.45, 2.75) is 33.0 Å². The number of rotatable bonds is 3. The van der Waals surface area contributed by atoms with Crippen molar-refractivity contribution >= 4 is 16.5 Å². The van der Waals surface area contributed by atoms with Crippen LogP contribution in [0.25, 0.3) is 27.6 Å². The predicted octanol–water partition coefficient (Wildman–Crippen LogP) is 5.45. The second-order valence-electron chi connectivity index (χ2n) is 9.05. The highest BCUT2D eigenvalue weighted by Crippen LogP contribution is 2.32. The summed E-state index contributed by atoms with van der Waals surface area (Å²) in [6, 6.07) is 23.7. The maximum absolute atomic E-state index is 13.6. The van der Waals surface area contributed by atoms with Gasteiger partial charge in [-0.15, -0.1) is 0 Å². The van der Waals surface area contributed by atoms with Crippen molar-refractivity contribution in [1.82, 2.24) is 4.57 Å². The van der Waals surface area contributed by atoms with Crippen LogP contribution in [0.15, 0.2) is 77.7 Å². The van der Waals surface area contributed by atoms with Crippen LogP contribution in [0.4, 0.5) is 5.69 Å². The van der Waals surface area contributed by atoms with Gasteiger partial charge < -0.3 is 9.64 Å². The molecule has 1 aromatic heterocycles. The predicted molar refractivity (Wildman–Crippen MR) is 137 cm³/mol. The average Bonchev–Trinajstić information content (AvgIpc) is 2.85. The van der Waals surface area contributed by atoms with E-state index in [0.29, 0.717) is 10.9 Å². The highest BCUT2D eigenvalue weighted by molar-refractivity contribution is 5.99. The first-order valence-corrected chi connectivity index (χ1v) is 11.6. The summed E-state index contributed by atoms with van der Waals surface area (Å²) in [7, 11) is 0. The topological polar surface area (TPSA) is 58.3 Å². The van der Waals surface area contributed by atoms with Crippen LogP contribution in [0.3, 0.4) is 0 Å². The summed E-state index contributed by atoms with van der Waals surface area (Å²) in [5.74, 6) is 0. The molecule has 5 nitrogen and oxygen atoms in total. The van der Waals surface area contributed by atoms with E-state index >= 15 is 0 Å². The van der Waals surface area contributed by atoms with Gasteiger partial charge in [0.25, 0.3) is 5.56 Å². The molecule has 170 valence electrons. The van der Waals surface area contributed by atoms with Gasteiger partial charge in [0.05, 0.1) is 23.8 Å². The fraction of sp³-hybridized carbons (Fsp3) is 0.241. The van der Waals surface area contributed by atoms with E-state index in [0.717, 1.165) is 46.5 Å². The zero-order valence-electron chi connectivity index (χ0n) is 19.7. The smallest absolute Gasteiger partial charge is 0.262 e. The third-order valence-corrected chi connectivity index (χ3v) is 6.48. The molecule has 2 atom stereocenters. The number of ether oxygens (including phenoxy) is 1. The number of pyridine rings is 1. The minimum absolute atomic E-state index is 0.0711. The van der Waals surface area contributed by atoms with Crippen LogP contribution in [-0.4, -0.2) is 29.9 Å². The van der Waals surface area contributed by atoms with Crippen molar-refractivity contribution in [1.29, 1.82) is 5.26 Å². The quantitative estimate of drug-likeness (QED) is 0.417. The van der Waals surface area contributed by atoms with E-state index in [2.05, 4.69) is 36.9 Å². The number of nitriles is 1. The van der Waals surface area contributed by atoms with Crippen molar-refractivity contribution in [3.8, 4) is 22.9 Å². The van der Waals surface area contributed by atoms with Crippen LogP contribution in [-0.2, 0) is 4.74 Å². The Labute approximate surface area is 199 Å². The number of aromatic nitrogens is 1. The molecule has 1 fully saturated rings. The second kappa shape index (κ2) is 8.81. The summed E-state index contributed by atoms with van der Waals surface area (Å²) < 4.78 is 7.57. The highest BCUT2D eigenvalue weighted by atomic mass is 16.5. The molecule has 1 aliphatic heterocycles. The summed E-state index contributed by atoms with van der Waals surface area (Å²) in [6.45, 7) is 7.91. The van der Waals surface area contributed by atoms with Gasteiger partial charge in [-0.2, -0.15) is 5.26 Å².